The maximum atomic E-state index is 10.4. The van der Waals surface area contributed by atoms with Crippen molar-refractivity contribution < 1.29 is 4.79 Å². The molecule has 0 spiro atoms. The second kappa shape index (κ2) is 3.65. The first-order valence-electron chi connectivity index (χ1n) is 2.99. The summed E-state index contributed by atoms with van der Waals surface area (Å²) in [5, 5.41) is 0.0848. The van der Waals surface area contributed by atoms with Gasteiger partial charge in [0.15, 0.2) is 16.6 Å². The number of aldehydes is 1. The SMILES string of the molecule is C=Cc1nc(Cl)c(Cl)nc1C=O. The summed E-state index contributed by atoms with van der Waals surface area (Å²) in [6.07, 6.45) is 1.94. The molecule has 0 aliphatic carbocycles. The van der Waals surface area contributed by atoms with Crippen molar-refractivity contribution in [1.82, 2.24) is 9.97 Å². The van der Waals surface area contributed by atoms with Crippen LogP contribution in [0.15, 0.2) is 6.58 Å². The summed E-state index contributed by atoms with van der Waals surface area (Å²) in [6.45, 7) is 3.45. The van der Waals surface area contributed by atoms with E-state index in [-0.39, 0.29) is 16.0 Å². The van der Waals surface area contributed by atoms with Gasteiger partial charge in [0.25, 0.3) is 0 Å². The van der Waals surface area contributed by atoms with Gasteiger partial charge in [-0.15, -0.1) is 0 Å². The van der Waals surface area contributed by atoms with E-state index in [1.54, 1.807) is 0 Å². The van der Waals surface area contributed by atoms with E-state index in [9.17, 15) is 4.79 Å². The number of nitrogens with zero attached hydrogens (tertiary/aromatic N) is 2. The van der Waals surface area contributed by atoms with Crippen LogP contribution >= 0.6 is 23.2 Å². The molecule has 0 aliphatic heterocycles. The lowest BCUT2D eigenvalue weighted by Gasteiger charge is -1.98. The minimum atomic E-state index is 0.0179. The van der Waals surface area contributed by atoms with E-state index in [0.29, 0.717) is 12.0 Å². The highest BCUT2D eigenvalue weighted by atomic mass is 35.5. The van der Waals surface area contributed by atoms with Gasteiger partial charge >= 0.3 is 0 Å². The summed E-state index contributed by atoms with van der Waals surface area (Å²) in [6, 6.07) is 0. The molecule has 0 saturated heterocycles. The molecule has 1 heterocycles. The third-order valence-electron chi connectivity index (χ3n) is 1.17. The highest BCUT2D eigenvalue weighted by Crippen LogP contribution is 2.18. The minimum Gasteiger partial charge on any atom is -0.296 e. The van der Waals surface area contributed by atoms with E-state index in [4.69, 9.17) is 23.2 Å². The van der Waals surface area contributed by atoms with Crippen LogP contribution in [-0.4, -0.2) is 16.3 Å². The molecule has 0 unspecified atom stereocenters. The predicted molar refractivity (Wildman–Crippen MR) is 47.5 cm³/mol. The lowest BCUT2D eigenvalue weighted by atomic mass is 10.3. The van der Waals surface area contributed by atoms with Crippen molar-refractivity contribution in [2.24, 2.45) is 0 Å². The molecule has 5 heteroatoms. The lowest BCUT2D eigenvalue weighted by Crippen LogP contribution is -1.96. The van der Waals surface area contributed by atoms with Gasteiger partial charge in [0, 0.05) is 0 Å². The van der Waals surface area contributed by atoms with Crippen molar-refractivity contribution in [2.75, 3.05) is 0 Å². The average molecular weight is 203 g/mol. The van der Waals surface area contributed by atoms with Crippen LogP contribution in [0.4, 0.5) is 0 Å². The maximum Gasteiger partial charge on any atom is 0.170 e. The van der Waals surface area contributed by atoms with Crippen LogP contribution in [0, 0.1) is 0 Å². The fraction of sp³-hybridized carbons (Fsp3) is 0. The van der Waals surface area contributed by atoms with Crippen molar-refractivity contribution in [1.29, 1.82) is 0 Å². The Morgan fingerprint density at radius 1 is 1.17 bits per heavy atom. The van der Waals surface area contributed by atoms with Gasteiger partial charge in [0.2, 0.25) is 0 Å². The van der Waals surface area contributed by atoms with Gasteiger partial charge in [0.1, 0.15) is 5.69 Å². The normalized spacial score (nSPS) is 9.50. The van der Waals surface area contributed by atoms with Crippen LogP contribution in [0.5, 0.6) is 0 Å². The van der Waals surface area contributed by atoms with Gasteiger partial charge in [-0.05, 0) is 6.08 Å². The summed E-state index contributed by atoms with van der Waals surface area (Å²) in [5.74, 6) is 0. The second-order valence-corrected chi connectivity index (χ2v) is 2.61. The van der Waals surface area contributed by atoms with Crippen LogP contribution in [0.3, 0.4) is 0 Å². The van der Waals surface area contributed by atoms with Gasteiger partial charge < -0.3 is 0 Å². The molecule has 0 fully saturated rings. The molecule has 0 saturated carbocycles. The van der Waals surface area contributed by atoms with E-state index in [0.717, 1.165) is 0 Å². The first kappa shape index (κ1) is 9.16. The fourth-order valence-corrected chi connectivity index (χ4v) is 0.922. The zero-order valence-electron chi connectivity index (χ0n) is 5.92. The minimum absolute atomic E-state index is 0.0179. The van der Waals surface area contributed by atoms with Crippen molar-refractivity contribution in [3.05, 3.63) is 28.3 Å². The Labute approximate surface area is 79.0 Å². The quantitative estimate of drug-likeness (QED) is 0.692. The van der Waals surface area contributed by atoms with Crippen LogP contribution in [0.2, 0.25) is 10.3 Å². The van der Waals surface area contributed by atoms with Crippen LogP contribution in [0.1, 0.15) is 16.2 Å². The van der Waals surface area contributed by atoms with Gasteiger partial charge in [-0.25, -0.2) is 9.97 Å². The first-order valence-corrected chi connectivity index (χ1v) is 3.75. The fourth-order valence-electron chi connectivity index (χ4n) is 0.655. The molecule has 12 heavy (non-hydrogen) atoms. The second-order valence-electron chi connectivity index (χ2n) is 1.90. The number of hydrogen-bond donors (Lipinski definition) is 0. The molecule has 1 aromatic heterocycles. The standard InChI is InChI=1S/C7H4Cl2N2O/c1-2-4-5(3-12)11-7(9)6(8)10-4/h2-3H,1H2. The Hall–Kier alpha value is -0.930. The zero-order chi connectivity index (χ0) is 9.14. The molecule has 1 rings (SSSR count). The largest absolute Gasteiger partial charge is 0.296 e. The van der Waals surface area contributed by atoms with Crippen molar-refractivity contribution in [3.63, 3.8) is 0 Å². The molecule has 0 radical (unpaired) electrons. The Kier molecular flexibility index (Phi) is 2.78. The highest BCUT2D eigenvalue weighted by Gasteiger charge is 2.07. The smallest absolute Gasteiger partial charge is 0.170 e. The van der Waals surface area contributed by atoms with Gasteiger partial charge in [-0.2, -0.15) is 0 Å². The molecule has 0 aromatic carbocycles. The molecular formula is C7H4Cl2N2O. The molecule has 3 nitrogen and oxygen atoms in total. The zero-order valence-corrected chi connectivity index (χ0v) is 7.43. The van der Waals surface area contributed by atoms with E-state index >= 15 is 0 Å². The Bertz CT molecular complexity index is 305. The van der Waals surface area contributed by atoms with Gasteiger partial charge in [-0.1, -0.05) is 29.8 Å². The number of carbonyl (C=O) groups is 1. The van der Waals surface area contributed by atoms with Gasteiger partial charge in [-0.3, -0.25) is 4.79 Å². The molecule has 0 atom stereocenters. The van der Waals surface area contributed by atoms with E-state index < -0.39 is 0 Å². The summed E-state index contributed by atoms with van der Waals surface area (Å²) in [5.41, 5.74) is 0.471. The number of carbonyl (C=O) groups excluding carboxylic acids is 1. The van der Waals surface area contributed by atoms with Crippen molar-refractivity contribution in [3.8, 4) is 0 Å². The average Bonchev–Trinajstić information content (AvgIpc) is 2.09. The molecule has 1 aromatic rings. The third-order valence-corrected chi connectivity index (χ3v) is 1.80. The third kappa shape index (κ3) is 1.62. The lowest BCUT2D eigenvalue weighted by molar-refractivity contribution is 0.111. The molecule has 0 bridgehead atoms. The molecule has 0 amide bonds. The Morgan fingerprint density at radius 3 is 2.08 bits per heavy atom. The Balaban J connectivity index is 3.37. The number of rotatable bonds is 2. The number of aromatic nitrogens is 2. The maximum absolute atomic E-state index is 10.4. The van der Waals surface area contributed by atoms with E-state index in [1.807, 2.05) is 0 Å². The highest BCUT2D eigenvalue weighted by molar-refractivity contribution is 6.40. The summed E-state index contributed by atoms with van der Waals surface area (Å²) >= 11 is 11.1. The van der Waals surface area contributed by atoms with Crippen LogP contribution in [-0.2, 0) is 0 Å². The van der Waals surface area contributed by atoms with E-state index in [1.165, 1.54) is 6.08 Å². The monoisotopic (exact) mass is 202 g/mol. The molecule has 0 N–H and O–H groups in total. The summed E-state index contributed by atoms with van der Waals surface area (Å²) in [4.78, 5) is 17.9. The number of halogens is 2. The van der Waals surface area contributed by atoms with Gasteiger partial charge in [0.05, 0.1) is 5.69 Å². The molecule has 0 aliphatic rings. The van der Waals surface area contributed by atoms with Crippen molar-refractivity contribution >= 4 is 35.6 Å². The first-order chi connectivity index (χ1) is 5.69. The predicted octanol–water partition coefficient (Wildman–Crippen LogP) is 2.24. The van der Waals surface area contributed by atoms with Crippen LogP contribution in [0.25, 0.3) is 6.08 Å². The molecular weight excluding hydrogens is 199 g/mol. The van der Waals surface area contributed by atoms with Crippen LogP contribution < -0.4 is 0 Å². The summed E-state index contributed by atoms with van der Waals surface area (Å²) in [7, 11) is 0. The number of hydrogen-bond acceptors (Lipinski definition) is 3. The van der Waals surface area contributed by atoms with Crippen molar-refractivity contribution in [2.45, 2.75) is 0 Å². The van der Waals surface area contributed by atoms with E-state index in [2.05, 4.69) is 16.5 Å². The molecule has 62 valence electrons. The topological polar surface area (TPSA) is 42.9 Å². The summed E-state index contributed by atoms with van der Waals surface area (Å²) < 4.78 is 0. The Morgan fingerprint density at radius 2 is 1.67 bits per heavy atom.